The van der Waals surface area contributed by atoms with Crippen LogP contribution in [0.2, 0.25) is 0 Å². The first-order chi connectivity index (χ1) is 15.4. The van der Waals surface area contributed by atoms with Gasteiger partial charge in [-0.25, -0.2) is 4.98 Å². The lowest BCUT2D eigenvalue weighted by molar-refractivity contribution is 0.0757. The van der Waals surface area contributed by atoms with E-state index in [2.05, 4.69) is 10.3 Å². The number of anilines is 1. The van der Waals surface area contributed by atoms with E-state index < -0.39 is 0 Å². The summed E-state index contributed by atoms with van der Waals surface area (Å²) in [5.74, 6) is 0.102. The third-order valence-electron chi connectivity index (χ3n) is 5.09. The van der Waals surface area contributed by atoms with Crippen molar-refractivity contribution in [3.8, 4) is 0 Å². The zero-order chi connectivity index (χ0) is 22.7. The van der Waals surface area contributed by atoms with E-state index in [9.17, 15) is 9.90 Å². The second-order valence-electron chi connectivity index (χ2n) is 7.82. The van der Waals surface area contributed by atoms with Gasteiger partial charge in [-0.1, -0.05) is 18.2 Å². The van der Waals surface area contributed by atoms with E-state index in [1.807, 2.05) is 44.2 Å². The number of para-hydroxylation sites is 1. The predicted molar refractivity (Wildman–Crippen MR) is 129 cm³/mol. The fourth-order valence-electron chi connectivity index (χ4n) is 3.51. The molecule has 0 saturated carbocycles. The summed E-state index contributed by atoms with van der Waals surface area (Å²) < 4.78 is 6.50. The van der Waals surface area contributed by atoms with Gasteiger partial charge in [0.15, 0.2) is 0 Å². The molecule has 0 saturated heterocycles. The number of carbonyl (C=O) groups excluding carboxylic acids is 1. The van der Waals surface area contributed by atoms with Gasteiger partial charge in [-0.05, 0) is 50.6 Å². The fourth-order valence-corrected chi connectivity index (χ4v) is 4.55. The number of amides is 1. The number of carbonyl (C=O) groups is 1. The molecule has 0 atom stereocenters. The molecule has 4 rings (SSSR count). The van der Waals surface area contributed by atoms with Crippen LogP contribution >= 0.6 is 11.3 Å². The molecule has 0 spiro atoms. The minimum Gasteiger partial charge on any atom is -0.510 e. The van der Waals surface area contributed by atoms with E-state index in [0.29, 0.717) is 35.0 Å². The van der Waals surface area contributed by atoms with Crippen molar-refractivity contribution < 1.29 is 14.6 Å². The van der Waals surface area contributed by atoms with Crippen LogP contribution in [0.3, 0.4) is 0 Å². The predicted octanol–water partition coefficient (Wildman–Crippen LogP) is 4.61. The number of aromatic nitrogens is 1. The molecule has 1 aliphatic rings. The maximum atomic E-state index is 12.5. The molecular formula is C24H26N4O3S. The zero-order valence-electron chi connectivity index (χ0n) is 18.1. The van der Waals surface area contributed by atoms with Crippen molar-refractivity contribution >= 4 is 44.6 Å². The molecule has 3 aromatic rings. The van der Waals surface area contributed by atoms with Gasteiger partial charge in [-0.2, -0.15) is 0 Å². The molecule has 0 radical (unpaired) electrons. The number of benzene rings is 2. The molecule has 166 valence electrons. The number of nitrogens with one attached hydrogen (secondary N) is 2. The van der Waals surface area contributed by atoms with Gasteiger partial charge in [-0.3, -0.25) is 10.2 Å². The lowest BCUT2D eigenvalue weighted by Crippen LogP contribution is -2.28. The summed E-state index contributed by atoms with van der Waals surface area (Å²) in [6.07, 6.45) is 0.916. The molecule has 0 aliphatic carbocycles. The Morgan fingerprint density at radius 1 is 1.28 bits per heavy atom. The minimum absolute atomic E-state index is 0.106. The minimum atomic E-state index is -0.175. The van der Waals surface area contributed by atoms with Gasteiger partial charge in [0.1, 0.15) is 16.6 Å². The molecule has 1 aliphatic heterocycles. The maximum Gasteiger partial charge on any atom is 0.251 e. The zero-order valence-corrected chi connectivity index (χ0v) is 18.9. The van der Waals surface area contributed by atoms with Crippen molar-refractivity contribution in [2.24, 2.45) is 0 Å². The van der Waals surface area contributed by atoms with Crippen LogP contribution in [-0.4, -0.2) is 47.6 Å². The van der Waals surface area contributed by atoms with E-state index in [1.165, 1.54) is 11.3 Å². The molecule has 3 N–H and O–H groups in total. The molecule has 2 aromatic carbocycles. The summed E-state index contributed by atoms with van der Waals surface area (Å²) in [5, 5.41) is 22.8. The van der Waals surface area contributed by atoms with Crippen LogP contribution in [0.15, 0.2) is 54.3 Å². The van der Waals surface area contributed by atoms with Crippen molar-refractivity contribution in [2.45, 2.75) is 26.4 Å². The van der Waals surface area contributed by atoms with Gasteiger partial charge < -0.3 is 20.1 Å². The van der Waals surface area contributed by atoms with Gasteiger partial charge in [0, 0.05) is 24.4 Å². The summed E-state index contributed by atoms with van der Waals surface area (Å²) in [5.41, 5.74) is 2.46. The summed E-state index contributed by atoms with van der Waals surface area (Å²) in [7, 11) is 0. The molecule has 0 bridgehead atoms. The largest absolute Gasteiger partial charge is 0.510 e. The first-order valence-electron chi connectivity index (χ1n) is 10.6. The first kappa shape index (κ1) is 22.0. The summed E-state index contributed by atoms with van der Waals surface area (Å²) in [6.45, 7) is 5.26. The average molecular weight is 451 g/mol. The normalized spacial score (nSPS) is 14.1. The quantitative estimate of drug-likeness (QED) is 0.436. The number of ether oxygens (including phenoxy) is 1. The third-order valence-corrected chi connectivity index (χ3v) is 6.14. The van der Waals surface area contributed by atoms with Gasteiger partial charge in [-0.15, -0.1) is 11.3 Å². The SMILES string of the molecule is CC(C)OCCCNC(=O)c1cccc(N2CC(O)=C(c3nc4ccccc4s3)C2=N)c1. The molecule has 0 unspecified atom stereocenters. The highest BCUT2D eigenvalue weighted by atomic mass is 32.1. The summed E-state index contributed by atoms with van der Waals surface area (Å²) >= 11 is 1.45. The van der Waals surface area contributed by atoms with Crippen LogP contribution < -0.4 is 10.2 Å². The Labute approximate surface area is 190 Å². The number of thiazole rings is 1. The van der Waals surface area contributed by atoms with Gasteiger partial charge >= 0.3 is 0 Å². The molecule has 0 fully saturated rings. The highest BCUT2D eigenvalue weighted by Gasteiger charge is 2.31. The Kier molecular flexibility index (Phi) is 6.53. The number of amidine groups is 1. The van der Waals surface area contributed by atoms with Crippen molar-refractivity contribution in [1.82, 2.24) is 10.3 Å². The first-order valence-corrected chi connectivity index (χ1v) is 11.4. The average Bonchev–Trinajstić information content (AvgIpc) is 3.33. The summed E-state index contributed by atoms with van der Waals surface area (Å²) in [4.78, 5) is 18.8. The van der Waals surface area contributed by atoms with Crippen molar-refractivity contribution in [1.29, 1.82) is 5.41 Å². The van der Waals surface area contributed by atoms with E-state index in [1.54, 1.807) is 23.1 Å². The van der Waals surface area contributed by atoms with Gasteiger partial charge in [0.2, 0.25) is 0 Å². The van der Waals surface area contributed by atoms with Crippen molar-refractivity contribution in [2.75, 3.05) is 24.6 Å². The lowest BCUT2D eigenvalue weighted by Gasteiger charge is -2.19. The van der Waals surface area contributed by atoms with Crippen LogP contribution in [0.4, 0.5) is 5.69 Å². The van der Waals surface area contributed by atoms with Crippen LogP contribution in [-0.2, 0) is 4.74 Å². The number of rotatable bonds is 8. The lowest BCUT2D eigenvalue weighted by atomic mass is 10.1. The van der Waals surface area contributed by atoms with Crippen LogP contribution in [0.25, 0.3) is 15.8 Å². The molecular weight excluding hydrogens is 424 g/mol. The second-order valence-corrected chi connectivity index (χ2v) is 8.85. The third kappa shape index (κ3) is 4.66. The molecule has 2 heterocycles. The van der Waals surface area contributed by atoms with E-state index in [4.69, 9.17) is 10.1 Å². The molecule has 8 heteroatoms. The van der Waals surface area contributed by atoms with Crippen LogP contribution in [0.1, 0.15) is 35.6 Å². The molecule has 32 heavy (non-hydrogen) atoms. The molecule has 1 amide bonds. The fraction of sp³-hybridized carbons (Fsp3) is 0.292. The Morgan fingerprint density at radius 3 is 2.88 bits per heavy atom. The maximum absolute atomic E-state index is 12.5. The number of fused-ring (bicyclic) bond motifs is 1. The van der Waals surface area contributed by atoms with Crippen molar-refractivity contribution in [3.05, 3.63) is 64.9 Å². The number of nitrogens with zero attached hydrogens (tertiary/aromatic N) is 2. The highest BCUT2D eigenvalue weighted by molar-refractivity contribution is 7.19. The standard InChI is InChI=1S/C24H26N4O3S/c1-15(2)31-12-6-11-26-23(30)16-7-5-8-17(13-16)28-14-19(29)21(22(28)25)24-27-18-9-3-4-10-20(18)32-24/h3-5,7-10,13,15,25,29H,6,11-12,14H2,1-2H3,(H,26,30). The van der Waals surface area contributed by atoms with E-state index in [0.717, 1.165) is 16.6 Å². The van der Waals surface area contributed by atoms with Crippen LogP contribution in [0, 0.1) is 5.41 Å². The number of hydrogen-bond donors (Lipinski definition) is 3. The monoisotopic (exact) mass is 450 g/mol. The Balaban J connectivity index is 1.45. The Bertz CT molecular complexity index is 1150. The molecule has 7 nitrogen and oxygen atoms in total. The number of aliphatic hydroxyl groups is 1. The Morgan fingerprint density at radius 2 is 2.09 bits per heavy atom. The van der Waals surface area contributed by atoms with E-state index in [-0.39, 0.29) is 30.2 Å². The van der Waals surface area contributed by atoms with Gasteiger partial charge in [0.05, 0.1) is 28.4 Å². The van der Waals surface area contributed by atoms with E-state index >= 15 is 0 Å². The van der Waals surface area contributed by atoms with Crippen LogP contribution in [0.5, 0.6) is 0 Å². The smallest absolute Gasteiger partial charge is 0.251 e. The number of hydrogen-bond acceptors (Lipinski definition) is 6. The Hall–Kier alpha value is -3.23. The second kappa shape index (κ2) is 9.50. The molecule has 1 aromatic heterocycles. The highest BCUT2D eigenvalue weighted by Crippen LogP contribution is 2.35. The summed E-state index contributed by atoms with van der Waals surface area (Å²) in [6, 6.07) is 14.8. The topological polar surface area (TPSA) is 98.5 Å². The van der Waals surface area contributed by atoms with Crippen molar-refractivity contribution in [3.63, 3.8) is 0 Å². The number of aliphatic hydroxyl groups excluding tert-OH is 1. The van der Waals surface area contributed by atoms with Gasteiger partial charge in [0.25, 0.3) is 5.91 Å².